The first-order valence-electron chi connectivity index (χ1n) is 8.44. The van der Waals surface area contributed by atoms with Gasteiger partial charge in [-0.1, -0.05) is 5.16 Å². The van der Waals surface area contributed by atoms with Gasteiger partial charge in [-0.05, 0) is 45.4 Å². The van der Waals surface area contributed by atoms with E-state index in [-0.39, 0.29) is 5.56 Å². The van der Waals surface area contributed by atoms with E-state index in [4.69, 9.17) is 4.52 Å². The maximum Gasteiger partial charge on any atom is 0.276 e. The summed E-state index contributed by atoms with van der Waals surface area (Å²) in [5.74, 6) is 1.32. The zero-order valence-electron chi connectivity index (χ0n) is 15.3. The summed E-state index contributed by atoms with van der Waals surface area (Å²) in [4.78, 5) is 21.2. The van der Waals surface area contributed by atoms with Crippen molar-refractivity contribution in [2.45, 2.75) is 46.1 Å². The van der Waals surface area contributed by atoms with Gasteiger partial charge in [0.1, 0.15) is 0 Å². The van der Waals surface area contributed by atoms with Gasteiger partial charge in [0.15, 0.2) is 11.5 Å². The highest BCUT2D eigenvalue weighted by Crippen LogP contribution is 2.20. The van der Waals surface area contributed by atoms with Gasteiger partial charge >= 0.3 is 0 Å². The van der Waals surface area contributed by atoms with Crippen molar-refractivity contribution in [3.05, 3.63) is 38.9 Å². The van der Waals surface area contributed by atoms with E-state index in [0.717, 1.165) is 23.2 Å². The molecule has 0 saturated carbocycles. The average Bonchev–Trinajstić information content (AvgIpc) is 3.12. The van der Waals surface area contributed by atoms with Crippen molar-refractivity contribution >= 4 is 11.0 Å². The Hall–Kier alpha value is -2.48. The lowest BCUT2D eigenvalue weighted by molar-refractivity contribution is 0.371. The van der Waals surface area contributed by atoms with Crippen molar-refractivity contribution < 1.29 is 4.52 Å². The van der Waals surface area contributed by atoms with Crippen LogP contribution in [-0.4, -0.2) is 38.0 Å². The fourth-order valence-corrected chi connectivity index (χ4v) is 3.06. The van der Waals surface area contributed by atoms with Gasteiger partial charge in [-0.25, -0.2) is 4.98 Å². The van der Waals surface area contributed by atoms with Crippen molar-refractivity contribution in [2.75, 3.05) is 7.05 Å². The molecule has 3 aromatic heterocycles. The standard InChI is InChI=1S/C17H24N6O2/c1-9(18-4)8-13-20-14(25-22-13)7-6-12-10(2)15-16(19-11(12)3)21-23(5)17(15)24/h9,18H,6-8H2,1-5H3,(H,19,21). The molecule has 1 atom stereocenters. The quantitative estimate of drug-likeness (QED) is 0.697. The molecule has 0 aliphatic rings. The van der Waals surface area contributed by atoms with Crippen LogP contribution in [0.1, 0.15) is 35.5 Å². The number of rotatable bonds is 6. The van der Waals surface area contributed by atoms with Crippen molar-refractivity contribution in [1.82, 2.24) is 30.2 Å². The van der Waals surface area contributed by atoms with Gasteiger partial charge in [-0.15, -0.1) is 0 Å². The Morgan fingerprint density at radius 2 is 2.04 bits per heavy atom. The summed E-state index contributed by atoms with van der Waals surface area (Å²) in [6.07, 6.45) is 2.06. The third-order valence-corrected chi connectivity index (χ3v) is 4.65. The molecule has 134 valence electrons. The number of nitrogens with one attached hydrogen (secondary N) is 2. The van der Waals surface area contributed by atoms with E-state index < -0.39 is 0 Å². The van der Waals surface area contributed by atoms with E-state index >= 15 is 0 Å². The van der Waals surface area contributed by atoms with Gasteiger partial charge < -0.3 is 9.84 Å². The predicted octanol–water partition coefficient (Wildman–Crippen LogP) is 1.20. The van der Waals surface area contributed by atoms with Crippen LogP contribution in [0.2, 0.25) is 0 Å². The molecule has 3 aromatic rings. The van der Waals surface area contributed by atoms with Crippen molar-refractivity contribution in [1.29, 1.82) is 0 Å². The van der Waals surface area contributed by atoms with Gasteiger partial charge in [0.2, 0.25) is 5.89 Å². The van der Waals surface area contributed by atoms with Gasteiger partial charge in [-0.3, -0.25) is 14.6 Å². The lowest BCUT2D eigenvalue weighted by Gasteiger charge is -2.08. The number of aromatic nitrogens is 5. The van der Waals surface area contributed by atoms with Crippen LogP contribution in [0.25, 0.3) is 11.0 Å². The Kier molecular flexibility index (Phi) is 4.71. The second kappa shape index (κ2) is 6.79. The highest BCUT2D eigenvalue weighted by molar-refractivity contribution is 5.79. The summed E-state index contributed by atoms with van der Waals surface area (Å²) >= 11 is 0. The van der Waals surface area contributed by atoms with E-state index in [1.54, 1.807) is 7.05 Å². The molecule has 2 N–H and O–H groups in total. The van der Waals surface area contributed by atoms with Gasteiger partial charge in [-0.2, -0.15) is 4.98 Å². The summed E-state index contributed by atoms with van der Waals surface area (Å²) in [5, 5.41) is 10.8. The molecule has 8 heteroatoms. The Bertz CT molecular complexity index is 952. The van der Waals surface area contributed by atoms with E-state index in [2.05, 4.69) is 32.5 Å². The molecule has 0 aliphatic heterocycles. The van der Waals surface area contributed by atoms with Crippen LogP contribution < -0.4 is 10.9 Å². The minimum Gasteiger partial charge on any atom is -0.339 e. The highest BCUT2D eigenvalue weighted by atomic mass is 16.5. The summed E-state index contributed by atoms with van der Waals surface area (Å²) in [6.45, 7) is 6.00. The first-order valence-corrected chi connectivity index (χ1v) is 8.44. The zero-order chi connectivity index (χ0) is 18.1. The largest absolute Gasteiger partial charge is 0.339 e. The maximum atomic E-state index is 12.3. The topological polar surface area (TPSA) is 102 Å². The molecule has 1 unspecified atom stereocenters. The minimum atomic E-state index is -0.0534. The van der Waals surface area contributed by atoms with Crippen molar-refractivity contribution in [3.8, 4) is 0 Å². The van der Waals surface area contributed by atoms with Crippen LogP contribution >= 0.6 is 0 Å². The maximum absolute atomic E-state index is 12.3. The first kappa shape index (κ1) is 17.3. The SMILES string of the molecule is CNC(C)Cc1noc(CCc2c(C)nc3[nH]n(C)c(=O)c3c2C)n1. The van der Waals surface area contributed by atoms with Crippen LogP contribution in [0.3, 0.4) is 0 Å². The lowest BCUT2D eigenvalue weighted by atomic mass is 10.0. The lowest BCUT2D eigenvalue weighted by Crippen LogP contribution is -2.24. The number of hydrogen-bond donors (Lipinski definition) is 2. The molecule has 0 aromatic carbocycles. The smallest absolute Gasteiger partial charge is 0.276 e. The number of fused-ring (bicyclic) bond motifs is 1. The molecular weight excluding hydrogens is 320 g/mol. The Labute approximate surface area is 145 Å². The fourth-order valence-electron chi connectivity index (χ4n) is 3.06. The van der Waals surface area contributed by atoms with Gasteiger partial charge in [0.05, 0.1) is 5.39 Å². The third kappa shape index (κ3) is 3.34. The monoisotopic (exact) mass is 344 g/mol. The number of hydrogen-bond acceptors (Lipinski definition) is 6. The van der Waals surface area contributed by atoms with Gasteiger partial charge in [0.25, 0.3) is 5.56 Å². The summed E-state index contributed by atoms with van der Waals surface area (Å²) in [5.41, 5.74) is 3.52. The second-order valence-electron chi connectivity index (χ2n) is 6.50. The van der Waals surface area contributed by atoms with Crippen LogP contribution in [0, 0.1) is 13.8 Å². The summed E-state index contributed by atoms with van der Waals surface area (Å²) in [6, 6.07) is 0.298. The molecule has 3 heterocycles. The van der Waals surface area contributed by atoms with Crippen LogP contribution in [0.5, 0.6) is 0 Å². The normalized spacial score (nSPS) is 12.8. The molecule has 8 nitrogen and oxygen atoms in total. The van der Waals surface area contributed by atoms with Crippen molar-refractivity contribution in [2.24, 2.45) is 7.05 Å². The summed E-state index contributed by atoms with van der Waals surface area (Å²) in [7, 11) is 3.61. The molecule has 0 aliphatic carbocycles. The molecule has 0 spiro atoms. The second-order valence-corrected chi connectivity index (χ2v) is 6.50. The van der Waals surface area contributed by atoms with E-state index in [9.17, 15) is 4.79 Å². The van der Waals surface area contributed by atoms with E-state index in [1.165, 1.54) is 4.68 Å². The molecule has 25 heavy (non-hydrogen) atoms. The highest BCUT2D eigenvalue weighted by Gasteiger charge is 2.16. The summed E-state index contributed by atoms with van der Waals surface area (Å²) < 4.78 is 6.80. The van der Waals surface area contributed by atoms with E-state index in [1.807, 2.05) is 20.9 Å². The Morgan fingerprint density at radius 1 is 1.28 bits per heavy atom. The Morgan fingerprint density at radius 3 is 2.76 bits per heavy atom. The average molecular weight is 344 g/mol. The van der Waals surface area contributed by atoms with Crippen molar-refractivity contribution in [3.63, 3.8) is 0 Å². The van der Waals surface area contributed by atoms with Crippen LogP contribution in [-0.2, 0) is 26.3 Å². The minimum absolute atomic E-state index is 0.0534. The number of aryl methyl sites for hydroxylation is 4. The number of nitrogens with zero attached hydrogens (tertiary/aromatic N) is 4. The predicted molar refractivity (Wildman–Crippen MR) is 94.7 cm³/mol. The number of likely N-dealkylation sites (N-methyl/N-ethyl adjacent to an activating group) is 1. The molecule has 3 rings (SSSR count). The third-order valence-electron chi connectivity index (χ3n) is 4.65. The van der Waals surface area contributed by atoms with Crippen LogP contribution in [0.15, 0.2) is 9.32 Å². The molecule has 0 amide bonds. The molecule has 0 fully saturated rings. The molecular formula is C17H24N6O2. The fraction of sp³-hybridized carbons (Fsp3) is 0.529. The first-order chi connectivity index (χ1) is 11.9. The number of pyridine rings is 1. The molecule has 0 radical (unpaired) electrons. The molecule has 0 saturated heterocycles. The zero-order valence-corrected chi connectivity index (χ0v) is 15.3. The Balaban J connectivity index is 1.82. The number of aromatic amines is 1. The van der Waals surface area contributed by atoms with Crippen LogP contribution in [0.4, 0.5) is 0 Å². The van der Waals surface area contributed by atoms with Gasteiger partial charge in [0, 0.05) is 31.6 Å². The molecule has 0 bridgehead atoms. The van der Waals surface area contributed by atoms with E-state index in [0.29, 0.717) is 41.6 Å². The number of H-pyrrole nitrogens is 1.